The smallest absolute Gasteiger partial charge is 0.161 e. The first-order chi connectivity index (χ1) is 36.7. The van der Waals surface area contributed by atoms with E-state index in [0.29, 0.717) is 95.7 Å². The lowest BCUT2D eigenvalue weighted by Crippen LogP contribution is -2.19. The molecule has 2 aliphatic rings. The molecule has 374 valence electrons. The summed E-state index contributed by atoms with van der Waals surface area (Å²) in [5.41, 5.74) is 12.1. The van der Waals surface area contributed by atoms with Gasteiger partial charge in [0.25, 0.3) is 0 Å². The molecule has 0 atom stereocenters. The van der Waals surface area contributed by atoms with Crippen molar-refractivity contribution in [3.05, 3.63) is 248 Å². The van der Waals surface area contributed by atoms with Gasteiger partial charge in [0.1, 0.15) is 26.4 Å². The summed E-state index contributed by atoms with van der Waals surface area (Å²) in [6.07, 6.45) is 0. The molecule has 0 saturated heterocycles. The van der Waals surface area contributed by atoms with Crippen molar-refractivity contribution in [2.24, 2.45) is 0 Å². The van der Waals surface area contributed by atoms with E-state index in [1.807, 2.05) is 48.5 Å². The summed E-state index contributed by atoms with van der Waals surface area (Å²) in [6.45, 7) is 4.50. The number of nitrogens with one attached hydrogen (secondary N) is 4. The number of aromatic nitrogens is 4. The van der Waals surface area contributed by atoms with Gasteiger partial charge >= 0.3 is 0 Å². The maximum absolute atomic E-state index is 6.54. The molecular formula is C62H58N4O8. The SMILES string of the molecule is c1ccc(C2=c3ccc([nH]3)=C(c3ccccc3)c3ccc([nH]3)C(c3ccc4c(c3)OCCOCCOCCOc3ccccc3OCCOCCOCCO4)=c3ccc([nH]3)=C(c3ccccc3)c3ccc2[nH]3)cc1. The van der Waals surface area contributed by atoms with E-state index in [4.69, 9.17) is 37.9 Å². The Balaban J connectivity index is 0.982. The van der Waals surface area contributed by atoms with E-state index in [2.05, 4.69) is 153 Å². The fraction of sp³-hybridized carbons (Fsp3) is 0.194. The zero-order valence-corrected chi connectivity index (χ0v) is 41.1. The summed E-state index contributed by atoms with van der Waals surface area (Å²) in [5, 5.41) is 3.83. The Morgan fingerprint density at radius 1 is 0.230 bits per heavy atom. The van der Waals surface area contributed by atoms with E-state index >= 15 is 0 Å². The predicted molar refractivity (Wildman–Crippen MR) is 286 cm³/mol. The molecule has 12 heteroatoms. The van der Waals surface area contributed by atoms with E-state index in [-0.39, 0.29) is 6.61 Å². The van der Waals surface area contributed by atoms with Crippen molar-refractivity contribution in [1.82, 2.24) is 19.9 Å². The summed E-state index contributed by atoms with van der Waals surface area (Å²) in [5.74, 6) is 2.49. The van der Waals surface area contributed by atoms with Crippen LogP contribution < -0.4 is 40.3 Å². The van der Waals surface area contributed by atoms with Gasteiger partial charge in [0.05, 0.1) is 52.9 Å². The van der Waals surface area contributed by atoms with E-state index in [0.717, 1.165) is 88.7 Å². The summed E-state index contributed by atoms with van der Waals surface area (Å²) < 4.78 is 48.3. The quantitative estimate of drug-likeness (QED) is 0.142. The highest BCUT2D eigenvalue weighted by Gasteiger charge is 2.20. The third-order valence-electron chi connectivity index (χ3n) is 12.9. The number of aromatic amines is 4. The first-order valence-electron chi connectivity index (χ1n) is 25.2. The minimum atomic E-state index is 0.284. The number of para-hydroxylation sites is 2. The Hall–Kier alpha value is -8.26. The van der Waals surface area contributed by atoms with Crippen molar-refractivity contribution in [2.45, 2.75) is 0 Å². The number of hydrogen-bond acceptors (Lipinski definition) is 8. The van der Waals surface area contributed by atoms with Crippen LogP contribution in [0.3, 0.4) is 0 Å². The van der Waals surface area contributed by atoms with E-state index < -0.39 is 0 Å². The van der Waals surface area contributed by atoms with Crippen LogP contribution in [-0.4, -0.2) is 99.2 Å². The van der Waals surface area contributed by atoms with Crippen LogP contribution in [0.2, 0.25) is 0 Å². The van der Waals surface area contributed by atoms with E-state index in [9.17, 15) is 0 Å². The predicted octanol–water partition coefficient (Wildman–Crippen LogP) is 7.60. The molecule has 12 nitrogen and oxygen atoms in total. The summed E-state index contributed by atoms with van der Waals surface area (Å²) in [7, 11) is 0. The highest BCUT2D eigenvalue weighted by atomic mass is 16.6. The zero-order chi connectivity index (χ0) is 49.7. The number of ether oxygens (including phenoxy) is 8. The molecule has 5 aromatic carbocycles. The maximum Gasteiger partial charge on any atom is 0.161 e. The van der Waals surface area contributed by atoms with Crippen molar-refractivity contribution in [3.63, 3.8) is 0 Å². The van der Waals surface area contributed by atoms with Gasteiger partial charge in [0.15, 0.2) is 23.0 Å². The lowest BCUT2D eigenvalue weighted by molar-refractivity contribution is 0.0223. The molecule has 2 aliphatic heterocycles. The van der Waals surface area contributed by atoms with Gasteiger partial charge in [-0.25, -0.2) is 0 Å². The molecule has 74 heavy (non-hydrogen) atoms. The monoisotopic (exact) mass is 986 g/mol. The standard InChI is InChI=1S/C62H58N4O8/c1-4-12-43(13-5-1)59-47-21-23-49(63-47)60(44-14-6-2-7-15-44)51-25-27-53(65-51)62(54-28-26-52(66-54)61(45-16-8-3-9-17-45)50-24-22-48(59)64-50)46-20-29-57-58(42-46)74-41-37-70-33-32-68-35-39-72-56-19-11-10-18-55(56)71-38-34-67-30-31-69-36-40-73-57/h1-29,42,63-66H,30-41H2. The van der Waals surface area contributed by atoms with E-state index in [1.165, 1.54) is 0 Å². The number of hydrogen-bond donors (Lipinski definition) is 4. The van der Waals surface area contributed by atoms with Gasteiger partial charge in [-0.05, 0) is 95.1 Å². The first kappa shape index (κ1) is 48.0. The summed E-state index contributed by atoms with van der Waals surface area (Å²) in [4.78, 5) is 15.5. The Kier molecular flexibility index (Phi) is 15.3. The Bertz CT molecular complexity index is 3540. The van der Waals surface area contributed by atoms with Crippen LogP contribution in [0.5, 0.6) is 23.0 Å². The molecule has 0 radical (unpaired) electrons. The lowest BCUT2D eigenvalue weighted by atomic mass is 10.0. The molecule has 6 heterocycles. The molecule has 0 fully saturated rings. The molecule has 8 bridgehead atoms. The Morgan fingerprint density at radius 2 is 0.527 bits per heavy atom. The minimum Gasteiger partial charge on any atom is -0.487 e. The van der Waals surface area contributed by atoms with Crippen LogP contribution in [-0.2, 0) is 18.9 Å². The van der Waals surface area contributed by atoms with Gasteiger partial charge < -0.3 is 57.8 Å². The minimum absolute atomic E-state index is 0.284. The number of H-pyrrole nitrogens is 4. The van der Waals surface area contributed by atoms with Crippen LogP contribution >= 0.6 is 0 Å². The Morgan fingerprint density at radius 3 is 0.892 bits per heavy atom. The molecule has 11 rings (SSSR count). The summed E-state index contributed by atoms with van der Waals surface area (Å²) >= 11 is 0. The lowest BCUT2D eigenvalue weighted by Gasteiger charge is -2.16. The van der Waals surface area contributed by atoms with Crippen LogP contribution in [0.15, 0.2) is 182 Å². The molecule has 9 aromatic rings. The number of rotatable bonds is 4. The van der Waals surface area contributed by atoms with Gasteiger partial charge in [-0.3, -0.25) is 0 Å². The molecule has 0 amide bonds. The van der Waals surface area contributed by atoms with Crippen LogP contribution in [0, 0.1) is 0 Å². The van der Waals surface area contributed by atoms with Crippen molar-refractivity contribution in [2.75, 3.05) is 79.3 Å². The third kappa shape index (κ3) is 11.2. The Labute approximate surface area is 429 Å². The molecule has 0 aliphatic carbocycles. The average Bonchev–Trinajstić information content (AvgIpc) is 4.30. The second kappa shape index (κ2) is 23.5. The van der Waals surface area contributed by atoms with Gasteiger partial charge in [-0.15, -0.1) is 0 Å². The fourth-order valence-corrected chi connectivity index (χ4v) is 9.46. The van der Waals surface area contributed by atoms with Crippen LogP contribution in [0.1, 0.15) is 45.0 Å². The first-order valence-corrected chi connectivity index (χ1v) is 25.2. The molecule has 0 unspecified atom stereocenters. The van der Waals surface area contributed by atoms with Gasteiger partial charge in [-0.2, -0.15) is 0 Å². The number of fused-ring (bicyclic) bond motifs is 10. The fourth-order valence-electron chi connectivity index (χ4n) is 9.46. The van der Waals surface area contributed by atoms with Crippen molar-refractivity contribution in [1.29, 1.82) is 0 Å². The highest BCUT2D eigenvalue weighted by molar-refractivity contribution is 5.85. The molecule has 4 aromatic heterocycles. The van der Waals surface area contributed by atoms with Crippen molar-refractivity contribution < 1.29 is 37.9 Å². The summed E-state index contributed by atoms with van der Waals surface area (Å²) in [6, 6.07) is 62.6. The molecule has 4 N–H and O–H groups in total. The highest BCUT2D eigenvalue weighted by Crippen LogP contribution is 2.34. The molecule has 0 saturated carbocycles. The van der Waals surface area contributed by atoms with Gasteiger partial charge in [0, 0.05) is 66.5 Å². The van der Waals surface area contributed by atoms with Crippen LogP contribution in [0.4, 0.5) is 0 Å². The third-order valence-corrected chi connectivity index (χ3v) is 12.9. The normalized spacial score (nSPS) is 15.6. The second-order valence-electron chi connectivity index (χ2n) is 17.7. The zero-order valence-electron chi connectivity index (χ0n) is 41.1. The van der Waals surface area contributed by atoms with Crippen molar-refractivity contribution >= 4 is 22.3 Å². The molecule has 0 spiro atoms. The number of benzene rings is 5. The van der Waals surface area contributed by atoms with Gasteiger partial charge in [-0.1, -0.05) is 109 Å². The molecular weight excluding hydrogens is 929 g/mol. The van der Waals surface area contributed by atoms with Crippen LogP contribution in [0.25, 0.3) is 22.3 Å². The maximum atomic E-state index is 6.54. The van der Waals surface area contributed by atoms with E-state index in [1.54, 1.807) is 0 Å². The average molecular weight is 987 g/mol. The topological polar surface area (TPSA) is 137 Å². The van der Waals surface area contributed by atoms with Gasteiger partial charge in [0.2, 0.25) is 0 Å². The second-order valence-corrected chi connectivity index (χ2v) is 17.7. The largest absolute Gasteiger partial charge is 0.487 e. The van der Waals surface area contributed by atoms with Crippen molar-refractivity contribution in [3.8, 4) is 23.0 Å².